The predicted molar refractivity (Wildman–Crippen MR) is 197 cm³/mol. The number of unbranched alkanes of at least 4 members (excludes halogenated alkanes) is 26. The van der Waals surface area contributed by atoms with E-state index in [0.29, 0.717) is 0 Å². The smallest absolute Gasteiger partial charge is 0.283 e. The third-order valence-electron chi connectivity index (χ3n) is 7.76. The van der Waals surface area contributed by atoms with Gasteiger partial charge in [-0.25, -0.2) is 0 Å². The van der Waals surface area contributed by atoms with E-state index in [4.69, 9.17) is 0 Å². The van der Waals surface area contributed by atoms with Gasteiger partial charge in [0, 0.05) is 33.5 Å². The number of nitrogens with one attached hydrogen (secondary N) is 2. The van der Waals surface area contributed by atoms with E-state index in [1.165, 1.54) is 202 Å². The monoisotopic (exact) mass is 664 g/mol. The Morgan fingerprint density at radius 1 is 0.357 bits per heavy atom. The second-order valence-electron chi connectivity index (χ2n) is 11.9. The zero-order chi connectivity index (χ0) is 30.6. The van der Waals surface area contributed by atoms with Crippen molar-refractivity contribution in [3.05, 3.63) is 0 Å². The fourth-order valence-electron chi connectivity index (χ4n) is 5.02. The van der Waals surface area contributed by atoms with Crippen LogP contribution < -0.4 is 9.44 Å². The van der Waals surface area contributed by atoms with Gasteiger partial charge in [-0.05, 0) is 12.8 Å². The van der Waals surface area contributed by atoms with Crippen molar-refractivity contribution in [1.82, 2.24) is 9.44 Å². The first-order chi connectivity index (χ1) is 20.7. The lowest BCUT2D eigenvalue weighted by Gasteiger charge is -2.05. The maximum atomic E-state index is 11.9. The Kier molecular flexibility index (Phi) is 37.8. The van der Waals surface area contributed by atoms with Crippen LogP contribution in [0.25, 0.3) is 0 Å². The number of carbonyl (C=O) groups excluding carboxylic acids is 2. The van der Waals surface area contributed by atoms with E-state index in [-0.39, 0.29) is 0 Å². The van der Waals surface area contributed by atoms with Crippen LogP contribution in [0.3, 0.4) is 0 Å². The predicted octanol–water partition coefficient (Wildman–Crippen LogP) is 12.8. The summed E-state index contributed by atoms with van der Waals surface area (Å²) in [6.07, 6.45) is 38.2. The molecule has 0 aromatic carbocycles. The molecule has 0 atom stereocenters. The molecule has 0 saturated carbocycles. The molecular formula is C34H68N2O2S4. The first-order valence-electron chi connectivity index (χ1n) is 17.9. The molecular weight excluding hydrogens is 597 g/mol. The molecule has 0 aliphatic rings. The number of hydrogen-bond acceptors (Lipinski definition) is 6. The fourth-order valence-corrected chi connectivity index (χ4v) is 8.30. The summed E-state index contributed by atoms with van der Waals surface area (Å²) in [5.74, 6) is 0.902. The molecule has 0 fully saturated rings. The number of amides is 2. The lowest BCUT2D eigenvalue weighted by atomic mass is 10.0. The highest BCUT2D eigenvalue weighted by Crippen LogP contribution is 2.22. The Morgan fingerprint density at radius 3 is 0.810 bits per heavy atom. The van der Waals surface area contributed by atoms with E-state index in [2.05, 4.69) is 23.3 Å². The number of hydrogen-bond donors (Lipinski definition) is 2. The van der Waals surface area contributed by atoms with Gasteiger partial charge in [-0.3, -0.25) is 19.0 Å². The molecule has 2 N–H and O–H groups in total. The summed E-state index contributed by atoms with van der Waals surface area (Å²) in [6, 6.07) is 0. The maximum absolute atomic E-state index is 11.9. The molecule has 0 unspecified atom stereocenters. The minimum atomic E-state index is -0.557. The van der Waals surface area contributed by atoms with E-state index in [9.17, 15) is 9.59 Å². The quantitative estimate of drug-likeness (QED) is 0.0309. The fraction of sp³-hybridized carbons (Fsp3) is 0.941. The topological polar surface area (TPSA) is 58.2 Å². The van der Waals surface area contributed by atoms with E-state index >= 15 is 0 Å². The van der Waals surface area contributed by atoms with Gasteiger partial charge >= 0.3 is 11.8 Å². The second kappa shape index (κ2) is 37.5. The third kappa shape index (κ3) is 34.8. The van der Waals surface area contributed by atoms with Gasteiger partial charge in [0.2, 0.25) is 0 Å². The van der Waals surface area contributed by atoms with Crippen molar-refractivity contribution < 1.29 is 9.59 Å². The van der Waals surface area contributed by atoms with Crippen molar-refractivity contribution in [2.24, 2.45) is 0 Å². The van der Waals surface area contributed by atoms with E-state index in [0.717, 1.165) is 11.5 Å². The zero-order valence-corrected chi connectivity index (χ0v) is 30.9. The maximum Gasteiger partial charge on any atom is 0.320 e. The largest absolute Gasteiger partial charge is 0.320 e. The van der Waals surface area contributed by atoms with Crippen molar-refractivity contribution >= 4 is 55.4 Å². The van der Waals surface area contributed by atoms with Crippen LogP contribution in [-0.4, -0.2) is 23.3 Å². The molecule has 0 saturated heterocycles. The van der Waals surface area contributed by atoms with Crippen LogP contribution in [0.5, 0.6) is 0 Å². The molecule has 0 aliphatic carbocycles. The molecule has 42 heavy (non-hydrogen) atoms. The van der Waals surface area contributed by atoms with Crippen molar-refractivity contribution in [2.75, 3.05) is 11.5 Å². The van der Waals surface area contributed by atoms with Gasteiger partial charge in [-0.15, -0.1) is 0 Å². The molecule has 0 aromatic rings. The average Bonchev–Trinajstić information content (AvgIpc) is 3.00. The minimum Gasteiger partial charge on any atom is -0.283 e. The Labute approximate surface area is 278 Å². The van der Waals surface area contributed by atoms with Crippen LogP contribution in [0.2, 0.25) is 0 Å². The van der Waals surface area contributed by atoms with Crippen LogP contribution in [0, 0.1) is 0 Å². The molecule has 0 heterocycles. The number of rotatable bonds is 34. The summed E-state index contributed by atoms with van der Waals surface area (Å²) < 4.78 is 5.29. The van der Waals surface area contributed by atoms with Gasteiger partial charge in [0.05, 0.1) is 0 Å². The summed E-state index contributed by atoms with van der Waals surface area (Å²) >= 11 is 0. The Hall–Kier alpha value is 0.340. The SMILES string of the molecule is CCCCCCCCCCCCCCCCSSNC(=O)C(=O)NSSCCCCCCCCCCCCCCCC. The summed E-state index contributed by atoms with van der Waals surface area (Å²) in [7, 11) is 5.81. The van der Waals surface area contributed by atoms with Gasteiger partial charge in [0.15, 0.2) is 0 Å². The molecule has 2 amide bonds. The van der Waals surface area contributed by atoms with Crippen molar-refractivity contribution in [3.8, 4) is 0 Å². The lowest BCUT2D eigenvalue weighted by Crippen LogP contribution is -2.32. The Balaban J connectivity index is 3.27. The standard InChI is InChI=1S/C34H68N2O2S4/c1-3-5-7-9-11-13-15-17-19-21-23-25-27-29-31-39-41-35-33(37)34(38)36-42-40-32-30-28-26-24-22-20-18-16-14-12-10-8-6-4-2/h3-32H2,1-2H3,(H,35,37)(H,36,38). The van der Waals surface area contributed by atoms with Gasteiger partial charge in [-0.1, -0.05) is 202 Å². The molecule has 8 heteroatoms. The number of carbonyl (C=O) groups is 2. The van der Waals surface area contributed by atoms with Crippen LogP contribution in [0.1, 0.15) is 194 Å². The molecule has 4 nitrogen and oxygen atoms in total. The van der Waals surface area contributed by atoms with Crippen LogP contribution in [0.4, 0.5) is 0 Å². The summed E-state index contributed by atoms with van der Waals surface area (Å²) in [5.41, 5.74) is 0. The second-order valence-corrected chi connectivity index (χ2v) is 16.3. The normalized spacial score (nSPS) is 11.2. The molecule has 0 rings (SSSR count). The third-order valence-corrected chi connectivity index (χ3v) is 11.6. The van der Waals surface area contributed by atoms with Crippen molar-refractivity contribution in [1.29, 1.82) is 0 Å². The highest BCUT2D eigenvalue weighted by molar-refractivity contribution is 8.76. The Morgan fingerprint density at radius 2 is 0.571 bits per heavy atom. The summed E-state index contributed by atoms with van der Waals surface area (Å²) in [4.78, 5) is 23.9. The van der Waals surface area contributed by atoms with Gasteiger partial charge in [0.25, 0.3) is 0 Å². The van der Waals surface area contributed by atoms with Crippen LogP contribution >= 0.6 is 43.5 Å². The first kappa shape index (κ1) is 42.3. The molecule has 0 radical (unpaired) electrons. The minimum absolute atomic E-state index is 0.557. The lowest BCUT2D eigenvalue weighted by molar-refractivity contribution is -0.136. The summed E-state index contributed by atoms with van der Waals surface area (Å²) in [6.45, 7) is 4.56. The van der Waals surface area contributed by atoms with E-state index in [1.807, 2.05) is 0 Å². The van der Waals surface area contributed by atoms with E-state index < -0.39 is 11.8 Å². The van der Waals surface area contributed by atoms with E-state index in [1.54, 1.807) is 21.6 Å². The van der Waals surface area contributed by atoms with Gasteiger partial charge < -0.3 is 0 Å². The van der Waals surface area contributed by atoms with Gasteiger partial charge in [0.1, 0.15) is 0 Å². The average molecular weight is 665 g/mol. The van der Waals surface area contributed by atoms with Crippen molar-refractivity contribution in [2.45, 2.75) is 194 Å². The van der Waals surface area contributed by atoms with Crippen molar-refractivity contribution in [3.63, 3.8) is 0 Å². The highest BCUT2D eigenvalue weighted by Gasteiger charge is 2.13. The molecule has 250 valence electrons. The van der Waals surface area contributed by atoms with Crippen LogP contribution in [-0.2, 0) is 9.59 Å². The first-order valence-corrected chi connectivity index (χ1v) is 22.5. The van der Waals surface area contributed by atoms with Crippen LogP contribution in [0.15, 0.2) is 0 Å². The molecule has 0 bridgehead atoms. The highest BCUT2D eigenvalue weighted by atomic mass is 33.1. The Bertz CT molecular complexity index is 522. The molecule has 0 aromatic heterocycles. The summed E-state index contributed by atoms with van der Waals surface area (Å²) in [5, 5.41) is 0. The molecule has 0 spiro atoms. The molecule has 0 aliphatic heterocycles. The van der Waals surface area contributed by atoms with Gasteiger partial charge in [-0.2, -0.15) is 0 Å². The zero-order valence-electron chi connectivity index (χ0n) is 27.7.